The monoisotopic (exact) mass is 378 g/mol. The Morgan fingerprint density at radius 2 is 1.08 bits per heavy atom. The fourth-order valence-electron chi connectivity index (χ4n) is 1.92. The van der Waals surface area contributed by atoms with E-state index < -0.39 is 10.4 Å². The van der Waals surface area contributed by atoms with Gasteiger partial charge in [-0.15, -0.1) is 0 Å². The molecule has 0 aliphatic heterocycles. The predicted octanol–water partition coefficient (Wildman–Crippen LogP) is 1.36. The molecule has 0 N–H and O–H groups in total. The van der Waals surface area contributed by atoms with Crippen molar-refractivity contribution in [3.63, 3.8) is 0 Å². The van der Waals surface area contributed by atoms with Crippen LogP contribution < -0.4 is 29.6 Å². The van der Waals surface area contributed by atoms with Gasteiger partial charge in [0.1, 0.15) is 0 Å². The Bertz CT molecular complexity index is 308. The summed E-state index contributed by atoms with van der Waals surface area (Å²) in [6.45, 7) is 7.28. The Kier molecular flexibility index (Phi) is 29.3. The molecule has 0 unspecified atom stereocenters. The summed E-state index contributed by atoms with van der Waals surface area (Å²) in [4.78, 5) is 8.97. The van der Waals surface area contributed by atoms with E-state index in [9.17, 15) is 13.0 Å². The summed E-state index contributed by atoms with van der Waals surface area (Å²) in [6, 6.07) is 0. The van der Waals surface area contributed by atoms with Crippen molar-refractivity contribution in [1.82, 2.24) is 0 Å². The van der Waals surface area contributed by atoms with E-state index in [1.165, 1.54) is 44.9 Å². The molecular weight excluding hydrogens is 343 g/mol. The van der Waals surface area contributed by atoms with Crippen LogP contribution in [0.4, 0.5) is 0 Å². The Morgan fingerprint density at radius 1 is 0.708 bits per heavy atom. The third-order valence-corrected chi connectivity index (χ3v) is 3.50. The van der Waals surface area contributed by atoms with Gasteiger partial charge in [-0.1, -0.05) is 64.7 Å². The summed E-state index contributed by atoms with van der Waals surface area (Å²) in [5.74, 6) is 0. The van der Waals surface area contributed by atoms with Gasteiger partial charge in [0, 0.05) is 0 Å². The van der Waals surface area contributed by atoms with Gasteiger partial charge in [0.25, 0.3) is 0 Å². The van der Waals surface area contributed by atoms with Crippen molar-refractivity contribution in [2.24, 2.45) is 0 Å². The normalized spacial score (nSPS) is 10.7. The first-order chi connectivity index (χ1) is 11.0. The third-order valence-electron chi connectivity index (χ3n) is 3.04. The van der Waals surface area contributed by atoms with Gasteiger partial charge in [0.2, 0.25) is 10.4 Å². The third kappa shape index (κ3) is 34.2. The fourth-order valence-corrected chi connectivity index (χ4v) is 2.24. The van der Waals surface area contributed by atoms with Gasteiger partial charge < -0.3 is 4.55 Å². The van der Waals surface area contributed by atoms with Crippen molar-refractivity contribution in [1.29, 1.82) is 0 Å². The minimum atomic E-state index is -4.48. The molecule has 0 spiro atoms. The van der Waals surface area contributed by atoms with Crippen LogP contribution in [0.3, 0.4) is 0 Å². The van der Waals surface area contributed by atoms with Gasteiger partial charge in [0.15, 0.2) is 0 Å². The van der Waals surface area contributed by atoms with Crippen molar-refractivity contribution in [3.8, 4) is 0 Å². The first kappa shape index (κ1) is 29.5. The summed E-state index contributed by atoms with van der Waals surface area (Å²) in [5.41, 5.74) is 0. The van der Waals surface area contributed by atoms with Crippen LogP contribution in [0.5, 0.6) is 0 Å². The maximum absolute atomic E-state index is 10.1. The first-order valence-electron chi connectivity index (χ1n) is 8.82. The average molecular weight is 379 g/mol. The number of hydrogen-bond donors (Lipinski definition) is 0. The Hall–Kier alpha value is 0.790. The molecule has 0 aromatic rings. The Balaban J connectivity index is -0.000000538. The van der Waals surface area contributed by atoms with E-state index in [4.69, 9.17) is 0 Å². The van der Waals surface area contributed by atoms with Gasteiger partial charge in [-0.2, -0.15) is 0 Å². The summed E-state index contributed by atoms with van der Waals surface area (Å²) < 4.78 is 34.5. The first-order valence-corrected chi connectivity index (χ1v) is 10.2. The van der Waals surface area contributed by atoms with Crippen LogP contribution in [0.1, 0.15) is 85.0 Å². The average Bonchev–Trinajstić information content (AvgIpc) is 2.50. The van der Waals surface area contributed by atoms with E-state index in [0.29, 0.717) is 19.6 Å². The number of hydrogen-bond acceptors (Lipinski definition) is 6. The molecule has 0 aromatic heterocycles. The summed E-state index contributed by atoms with van der Waals surface area (Å²) in [7, 11) is -4.48. The topological polar surface area (TPSA) is 84.9 Å². The Morgan fingerprint density at radius 3 is 1.42 bits per heavy atom. The van der Waals surface area contributed by atoms with Gasteiger partial charge in [-0.25, -0.2) is 18.2 Å². The van der Waals surface area contributed by atoms with Gasteiger partial charge in [-0.05, 0) is 20.3 Å². The summed E-state index contributed by atoms with van der Waals surface area (Å²) in [6.07, 6.45) is 11.7. The minimum absolute atomic E-state index is 0. The minimum Gasteiger partial charge on any atom is -0.726 e. The van der Waals surface area contributed by atoms with Crippen LogP contribution in [0.25, 0.3) is 0 Å². The van der Waals surface area contributed by atoms with Crippen LogP contribution in [-0.2, 0) is 24.4 Å². The Labute approximate surface area is 171 Å². The molecule has 8 heteroatoms. The number of rotatable bonds is 15. The molecule has 0 aliphatic rings. The zero-order valence-electron chi connectivity index (χ0n) is 16.1. The SMILES string of the molecule is CCCCCCCCCCCCOS(=O)(=O)[O-].CCOOCC.[Na+]. The fraction of sp³-hybridized carbons (Fsp3) is 1.00. The molecule has 6 nitrogen and oxygen atoms in total. The summed E-state index contributed by atoms with van der Waals surface area (Å²) >= 11 is 0. The number of unbranched alkanes of at least 4 members (excludes halogenated alkanes) is 9. The quantitative estimate of drug-likeness (QED) is 0.107. The van der Waals surface area contributed by atoms with Crippen molar-refractivity contribution in [2.45, 2.75) is 85.0 Å². The van der Waals surface area contributed by atoms with Crippen LogP contribution in [0.15, 0.2) is 0 Å². The second-order valence-electron chi connectivity index (χ2n) is 5.23. The molecule has 142 valence electrons. The van der Waals surface area contributed by atoms with Crippen LogP contribution >= 0.6 is 0 Å². The maximum atomic E-state index is 10.1. The summed E-state index contributed by atoms with van der Waals surface area (Å²) in [5, 5.41) is 0. The van der Waals surface area contributed by atoms with Crippen LogP contribution in [0, 0.1) is 0 Å². The van der Waals surface area contributed by atoms with Crippen LogP contribution in [-0.4, -0.2) is 32.8 Å². The standard InChI is InChI=1S/C12H26O4S.C4H10O2.Na/c1-2-3-4-5-6-7-8-9-10-11-12-16-17(13,14)15;1-3-5-6-4-2;/h2-12H2,1H3,(H,13,14,15);3-4H2,1-2H3;/q;;+1/p-1. The van der Waals surface area contributed by atoms with Gasteiger partial charge in [0.05, 0.1) is 19.8 Å². The molecule has 0 aliphatic carbocycles. The zero-order valence-corrected chi connectivity index (χ0v) is 18.9. The van der Waals surface area contributed by atoms with E-state index in [1.807, 2.05) is 13.8 Å². The van der Waals surface area contributed by atoms with Crippen molar-refractivity contribution in [2.75, 3.05) is 19.8 Å². The van der Waals surface area contributed by atoms with Crippen molar-refractivity contribution < 1.29 is 56.5 Å². The molecule has 0 amide bonds. The molecule has 0 atom stereocenters. The predicted molar refractivity (Wildman–Crippen MR) is 90.7 cm³/mol. The zero-order chi connectivity index (χ0) is 17.8. The second kappa shape index (κ2) is 23.8. The van der Waals surface area contributed by atoms with Crippen LogP contribution in [0.2, 0.25) is 0 Å². The smallest absolute Gasteiger partial charge is 0.726 e. The van der Waals surface area contributed by atoms with Crippen molar-refractivity contribution in [3.05, 3.63) is 0 Å². The maximum Gasteiger partial charge on any atom is 1.00 e. The molecule has 24 heavy (non-hydrogen) atoms. The van der Waals surface area contributed by atoms with E-state index in [2.05, 4.69) is 20.9 Å². The van der Waals surface area contributed by atoms with E-state index in [1.54, 1.807) is 0 Å². The van der Waals surface area contributed by atoms with E-state index in [-0.39, 0.29) is 36.2 Å². The molecule has 0 rings (SSSR count). The molecule has 0 radical (unpaired) electrons. The molecule has 0 heterocycles. The molecule has 0 aromatic carbocycles. The molecule has 0 saturated carbocycles. The van der Waals surface area contributed by atoms with E-state index >= 15 is 0 Å². The molecular formula is C16H35NaO6S. The second-order valence-corrected chi connectivity index (χ2v) is 6.28. The molecule has 0 fully saturated rings. The molecule has 0 bridgehead atoms. The van der Waals surface area contributed by atoms with Crippen molar-refractivity contribution >= 4 is 10.4 Å². The van der Waals surface area contributed by atoms with E-state index in [0.717, 1.165) is 12.8 Å². The van der Waals surface area contributed by atoms with Gasteiger partial charge >= 0.3 is 29.6 Å². The van der Waals surface area contributed by atoms with Gasteiger partial charge in [-0.3, -0.25) is 4.18 Å². The largest absolute Gasteiger partial charge is 1.00 e. The molecule has 0 saturated heterocycles.